The zero-order valence-corrected chi connectivity index (χ0v) is 11.8. The lowest BCUT2D eigenvalue weighted by Gasteiger charge is -2.34. The molecule has 2 saturated carbocycles. The number of nitrogens with two attached hydrogens (primary N) is 1. The number of carbonyl (C=O) groups is 1. The van der Waals surface area contributed by atoms with Crippen molar-refractivity contribution in [2.24, 2.45) is 5.73 Å². The highest BCUT2D eigenvalue weighted by molar-refractivity contribution is 5.78. The monoisotopic (exact) mass is 253 g/mol. The van der Waals surface area contributed by atoms with Gasteiger partial charge in [0.2, 0.25) is 5.91 Å². The van der Waals surface area contributed by atoms with E-state index < -0.39 is 0 Å². The van der Waals surface area contributed by atoms with Gasteiger partial charge in [0.1, 0.15) is 0 Å². The van der Waals surface area contributed by atoms with Crippen LogP contribution in [0.5, 0.6) is 0 Å². The van der Waals surface area contributed by atoms with Gasteiger partial charge in [-0.05, 0) is 52.5 Å². The van der Waals surface area contributed by atoms with E-state index in [4.69, 9.17) is 5.73 Å². The van der Waals surface area contributed by atoms with E-state index in [1.165, 1.54) is 12.8 Å². The summed E-state index contributed by atoms with van der Waals surface area (Å²) >= 11 is 0. The highest BCUT2D eigenvalue weighted by Gasteiger charge is 2.32. The number of rotatable bonds is 5. The Balaban J connectivity index is 1.79. The second-order valence-electron chi connectivity index (χ2n) is 5.89. The molecule has 0 aromatic heterocycles. The predicted molar refractivity (Wildman–Crippen MR) is 73.3 cm³/mol. The van der Waals surface area contributed by atoms with Gasteiger partial charge in [0.05, 0.1) is 6.54 Å². The molecule has 0 aromatic carbocycles. The third-order valence-corrected chi connectivity index (χ3v) is 4.40. The van der Waals surface area contributed by atoms with Crippen LogP contribution in [0.2, 0.25) is 0 Å². The molecule has 0 unspecified atom stereocenters. The van der Waals surface area contributed by atoms with Gasteiger partial charge in [0.15, 0.2) is 0 Å². The summed E-state index contributed by atoms with van der Waals surface area (Å²) in [6, 6.07) is 1.46. The number of carbonyl (C=O) groups excluding carboxylic acids is 1. The number of amides is 1. The molecule has 0 aliphatic heterocycles. The number of nitrogens with zero attached hydrogens (tertiary/aromatic N) is 2. The van der Waals surface area contributed by atoms with Crippen LogP contribution in [-0.2, 0) is 4.79 Å². The zero-order chi connectivity index (χ0) is 13.1. The maximum absolute atomic E-state index is 12.2. The lowest BCUT2D eigenvalue weighted by atomic mass is 9.91. The van der Waals surface area contributed by atoms with Gasteiger partial charge in [-0.3, -0.25) is 9.69 Å². The molecule has 1 amide bonds. The Kier molecular flexibility index (Phi) is 4.62. The third kappa shape index (κ3) is 3.45. The molecule has 2 fully saturated rings. The van der Waals surface area contributed by atoms with E-state index in [0.29, 0.717) is 30.6 Å². The molecule has 0 saturated heterocycles. The molecule has 2 N–H and O–H groups in total. The average molecular weight is 253 g/mol. The summed E-state index contributed by atoms with van der Waals surface area (Å²) in [5.41, 5.74) is 5.92. The first-order valence-corrected chi connectivity index (χ1v) is 7.37. The highest BCUT2D eigenvalue weighted by atomic mass is 16.2. The first-order valence-electron chi connectivity index (χ1n) is 7.37. The molecule has 2 rings (SSSR count). The number of likely N-dealkylation sites (N-methyl/N-ethyl adjacent to an activating group) is 2. The summed E-state index contributed by atoms with van der Waals surface area (Å²) in [7, 11) is 2.08. The van der Waals surface area contributed by atoms with Crippen LogP contribution in [0, 0.1) is 0 Å². The van der Waals surface area contributed by atoms with E-state index in [2.05, 4.69) is 18.9 Å². The van der Waals surface area contributed by atoms with E-state index in [9.17, 15) is 4.79 Å². The number of hydrogen-bond donors (Lipinski definition) is 1. The van der Waals surface area contributed by atoms with E-state index in [-0.39, 0.29) is 0 Å². The molecule has 4 nitrogen and oxygen atoms in total. The van der Waals surface area contributed by atoms with Crippen LogP contribution < -0.4 is 5.73 Å². The van der Waals surface area contributed by atoms with Crippen LogP contribution in [0.25, 0.3) is 0 Å². The van der Waals surface area contributed by atoms with Gasteiger partial charge < -0.3 is 10.6 Å². The van der Waals surface area contributed by atoms with Crippen molar-refractivity contribution in [1.29, 1.82) is 0 Å². The van der Waals surface area contributed by atoms with Crippen LogP contribution in [0.4, 0.5) is 0 Å². The average Bonchev–Trinajstić information content (AvgIpc) is 3.15. The molecule has 0 spiro atoms. The molecule has 2 aliphatic carbocycles. The fraction of sp³-hybridized carbons (Fsp3) is 0.929. The lowest BCUT2D eigenvalue weighted by molar-refractivity contribution is -0.133. The van der Waals surface area contributed by atoms with E-state index in [1.807, 2.05) is 4.90 Å². The molecule has 2 aliphatic rings. The normalized spacial score (nSPS) is 28.4. The maximum Gasteiger partial charge on any atom is 0.236 e. The quantitative estimate of drug-likeness (QED) is 0.801. The molecule has 0 bridgehead atoms. The zero-order valence-electron chi connectivity index (χ0n) is 11.8. The van der Waals surface area contributed by atoms with Crippen molar-refractivity contribution < 1.29 is 4.79 Å². The standard InChI is InChI=1S/C14H27N3O/c1-3-17(13-8-9-13)14(18)10-16(2)12-6-4-11(15)5-7-12/h11-13H,3-10,15H2,1-2H3. The predicted octanol–water partition coefficient (Wildman–Crippen LogP) is 1.20. The SMILES string of the molecule is CCN(C(=O)CN(C)C1CCC(N)CC1)C1CC1. The van der Waals surface area contributed by atoms with Gasteiger partial charge in [0, 0.05) is 24.7 Å². The van der Waals surface area contributed by atoms with Gasteiger partial charge in [0.25, 0.3) is 0 Å². The van der Waals surface area contributed by atoms with Gasteiger partial charge in [-0.1, -0.05) is 0 Å². The van der Waals surface area contributed by atoms with Crippen molar-refractivity contribution in [3.05, 3.63) is 0 Å². The Morgan fingerprint density at radius 1 is 1.11 bits per heavy atom. The van der Waals surface area contributed by atoms with E-state index in [1.54, 1.807) is 0 Å². The molecule has 0 radical (unpaired) electrons. The highest BCUT2D eigenvalue weighted by Crippen LogP contribution is 2.27. The fourth-order valence-corrected chi connectivity index (χ4v) is 3.00. The van der Waals surface area contributed by atoms with E-state index in [0.717, 1.165) is 32.2 Å². The third-order valence-electron chi connectivity index (χ3n) is 4.40. The molecule has 0 atom stereocenters. The van der Waals surface area contributed by atoms with Gasteiger partial charge >= 0.3 is 0 Å². The molecule has 0 heterocycles. The Hall–Kier alpha value is -0.610. The number of hydrogen-bond acceptors (Lipinski definition) is 3. The maximum atomic E-state index is 12.2. The van der Waals surface area contributed by atoms with Crippen molar-refractivity contribution in [2.75, 3.05) is 20.1 Å². The summed E-state index contributed by atoms with van der Waals surface area (Å²) in [5.74, 6) is 0.303. The second-order valence-corrected chi connectivity index (χ2v) is 5.89. The first kappa shape index (κ1) is 13.8. The first-order chi connectivity index (χ1) is 8.61. The van der Waals surface area contributed by atoms with Crippen molar-refractivity contribution >= 4 is 5.91 Å². The topological polar surface area (TPSA) is 49.6 Å². The van der Waals surface area contributed by atoms with Crippen LogP contribution in [0.15, 0.2) is 0 Å². The minimum Gasteiger partial charge on any atom is -0.339 e. The summed E-state index contributed by atoms with van der Waals surface area (Å²) in [4.78, 5) is 16.5. The molecule has 18 heavy (non-hydrogen) atoms. The summed E-state index contributed by atoms with van der Waals surface area (Å²) in [5, 5.41) is 0. The largest absolute Gasteiger partial charge is 0.339 e. The Morgan fingerprint density at radius 3 is 2.17 bits per heavy atom. The molecule has 4 heteroatoms. The van der Waals surface area contributed by atoms with Gasteiger partial charge in [-0.15, -0.1) is 0 Å². The molecule has 104 valence electrons. The Morgan fingerprint density at radius 2 is 1.67 bits per heavy atom. The van der Waals surface area contributed by atoms with Crippen molar-refractivity contribution in [1.82, 2.24) is 9.80 Å². The van der Waals surface area contributed by atoms with Crippen LogP contribution >= 0.6 is 0 Å². The minimum atomic E-state index is 0.303. The molecular formula is C14H27N3O. The smallest absolute Gasteiger partial charge is 0.236 e. The van der Waals surface area contributed by atoms with E-state index >= 15 is 0 Å². The van der Waals surface area contributed by atoms with Crippen molar-refractivity contribution in [3.8, 4) is 0 Å². The van der Waals surface area contributed by atoms with Crippen LogP contribution in [-0.4, -0.2) is 54.0 Å². The molecule has 0 aromatic rings. The second kappa shape index (κ2) is 6.02. The van der Waals surface area contributed by atoms with Gasteiger partial charge in [-0.2, -0.15) is 0 Å². The Bertz CT molecular complexity index is 283. The fourth-order valence-electron chi connectivity index (χ4n) is 3.00. The summed E-state index contributed by atoms with van der Waals surface area (Å²) < 4.78 is 0. The van der Waals surface area contributed by atoms with Crippen LogP contribution in [0.1, 0.15) is 45.4 Å². The van der Waals surface area contributed by atoms with Crippen molar-refractivity contribution in [2.45, 2.75) is 63.6 Å². The summed E-state index contributed by atoms with van der Waals surface area (Å²) in [6.45, 7) is 3.51. The molecular weight excluding hydrogens is 226 g/mol. The van der Waals surface area contributed by atoms with Crippen LogP contribution in [0.3, 0.4) is 0 Å². The van der Waals surface area contributed by atoms with Gasteiger partial charge in [-0.25, -0.2) is 0 Å². The lowest BCUT2D eigenvalue weighted by Crippen LogP contribution is -2.45. The summed E-state index contributed by atoms with van der Waals surface area (Å²) in [6.07, 6.45) is 6.87. The van der Waals surface area contributed by atoms with Crippen molar-refractivity contribution in [3.63, 3.8) is 0 Å². The minimum absolute atomic E-state index is 0.303. The Labute approximate surface area is 110 Å².